The molecule has 0 saturated carbocycles. The second kappa shape index (κ2) is 4.93. The molecule has 6 heteroatoms. The van der Waals surface area contributed by atoms with Gasteiger partial charge in [0.2, 0.25) is 0 Å². The molecule has 1 aromatic heterocycles. The number of benzene rings is 1. The molecule has 0 aliphatic rings. The minimum atomic E-state index is -0.327. The van der Waals surface area contributed by atoms with Gasteiger partial charge in [-0.05, 0) is 31.5 Å². The fraction of sp³-hybridized carbons (Fsp3) is 0.231. The Morgan fingerprint density at radius 1 is 1.42 bits per heavy atom. The molecule has 1 heterocycles. The molecule has 0 spiro atoms. The smallest absolute Gasteiger partial charge is 0.276 e. The molecule has 3 N–H and O–H groups in total. The van der Waals surface area contributed by atoms with Crippen LogP contribution in [0.4, 0.5) is 11.4 Å². The summed E-state index contributed by atoms with van der Waals surface area (Å²) in [4.78, 5) is 12.2. The summed E-state index contributed by atoms with van der Waals surface area (Å²) >= 11 is 6.08. The fourth-order valence-corrected chi connectivity index (χ4v) is 2.13. The van der Waals surface area contributed by atoms with Gasteiger partial charge >= 0.3 is 0 Å². The van der Waals surface area contributed by atoms with Crippen molar-refractivity contribution >= 4 is 28.9 Å². The third-order valence-corrected chi connectivity index (χ3v) is 3.17. The molecule has 100 valence electrons. The van der Waals surface area contributed by atoms with Crippen molar-refractivity contribution in [3.8, 4) is 0 Å². The maximum Gasteiger partial charge on any atom is 0.276 e. The molecular weight excluding hydrogens is 264 g/mol. The van der Waals surface area contributed by atoms with Crippen LogP contribution in [0.25, 0.3) is 0 Å². The second-order valence-electron chi connectivity index (χ2n) is 4.41. The number of nitrogens with two attached hydrogens (primary N) is 1. The number of hydrogen-bond donors (Lipinski definition) is 2. The lowest BCUT2D eigenvalue weighted by molar-refractivity contribution is 0.101. The Balaban J connectivity index is 2.31. The molecule has 0 unspecified atom stereocenters. The van der Waals surface area contributed by atoms with E-state index in [1.54, 1.807) is 26.1 Å². The van der Waals surface area contributed by atoms with E-state index in [-0.39, 0.29) is 5.91 Å². The molecule has 1 amide bonds. The number of nitrogens with zero attached hydrogens (tertiary/aromatic N) is 2. The van der Waals surface area contributed by atoms with Crippen LogP contribution < -0.4 is 11.1 Å². The van der Waals surface area contributed by atoms with Gasteiger partial charge in [-0.15, -0.1) is 0 Å². The van der Waals surface area contributed by atoms with Crippen molar-refractivity contribution in [1.29, 1.82) is 0 Å². The van der Waals surface area contributed by atoms with Crippen molar-refractivity contribution in [2.45, 2.75) is 13.8 Å². The molecule has 0 aliphatic carbocycles. The molecule has 0 fully saturated rings. The number of hydrogen-bond acceptors (Lipinski definition) is 3. The van der Waals surface area contributed by atoms with Crippen LogP contribution in [0.2, 0.25) is 5.02 Å². The molecule has 0 aliphatic heterocycles. The summed E-state index contributed by atoms with van der Waals surface area (Å²) in [5.41, 5.74) is 8.75. The van der Waals surface area contributed by atoms with E-state index in [0.717, 1.165) is 5.56 Å². The van der Waals surface area contributed by atoms with E-state index in [0.29, 0.717) is 27.8 Å². The standard InChI is InChI=1S/C13H15ClN4O/c1-7-4-5-10(9(14)6-7)16-13(19)12-11(15)8(2)17-18(12)3/h4-6H,15H2,1-3H3,(H,16,19). The Morgan fingerprint density at radius 3 is 2.63 bits per heavy atom. The Labute approximate surface area is 116 Å². The van der Waals surface area contributed by atoms with Crippen LogP contribution in [0.1, 0.15) is 21.7 Å². The number of rotatable bonds is 2. The van der Waals surface area contributed by atoms with E-state index >= 15 is 0 Å². The van der Waals surface area contributed by atoms with E-state index in [1.165, 1.54) is 4.68 Å². The van der Waals surface area contributed by atoms with Gasteiger partial charge in [0.1, 0.15) is 5.69 Å². The lowest BCUT2D eigenvalue weighted by Crippen LogP contribution is -2.17. The predicted octanol–water partition coefficient (Wildman–Crippen LogP) is 2.52. The molecule has 1 aromatic carbocycles. The third-order valence-electron chi connectivity index (χ3n) is 2.86. The second-order valence-corrected chi connectivity index (χ2v) is 4.82. The summed E-state index contributed by atoms with van der Waals surface area (Å²) in [6.07, 6.45) is 0. The number of halogens is 1. The van der Waals surface area contributed by atoms with E-state index < -0.39 is 0 Å². The van der Waals surface area contributed by atoms with Gasteiger partial charge in [0, 0.05) is 7.05 Å². The molecule has 2 rings (SSSR count). The zero-order chi connectivity index (χ0) is 14.2. The Hall–Kier alpha value is -2.01. The lowest BCUT2D eigenvalue weighted by Gasteiger charge is -2.08. The van der Waals surface area contributed by atoms with Crippen molar-refractivity contribution in [1.82, 2.24) is 9.78 Å². The Morgan fingerprint density at radius 2 is 2.11 bits per heavy atom. The highest BCUT2D eigenvalue weighted by Gasteiger charge is 2.18. The summed E-state index contributed by atoms with van der Waals surface area (Å²) < 4.78 is 1.46. The van der Waals surface area contributed by atoms with Crippen LogP contribution in [0.3, 0.4) is 0 Å². The average molecular weight is 279 g/mol. The van der Waals surface area contributed by atoms with Crippen molar-refractivity contribution in [2.24, 2.45) is 7.05 Å². The summed E-state index contributed by atoms with van der Waals surface area (Å²) in [5.74, 6) is -0.327. The van der Waals surface area contributed by atoms with Gasteiger partial charge in [-0.3, -0.25) is 9.48 Å². The van der Waals surface area contributed by atoms with Crippen LogP contribution >= 0.6 is 11.6 Å². The summed E-state index contributed by atoms with van der Waals surface area (Å²) in [5, 5.41) is 7.34. The zero-order valence-corrected chi connectivity index (χ0v) is 11.7. The molecule has 0 bridgehead atoms. The van der Waals surface area contributed by atoms with E-state index in [1.807, 2.05) is 13.0 Å². The Kier molecular flexibility index (Phi) is 3.48. The van der Waals surface area contributed by atoms with Crippen LogP contribution in [0.5, 0.6) is 0 Å². The SMILES string of the molecule is Cc1ccc(NC(=O)c2c(N)c(C)nn2C)c(Cl)c1. The first kappa shape index (κ1) is 13.4. The van der Waals surface area contributed by atoms with Crippen molar-refractivity contribution in [3.05, 3.63) is 40.2 Å². The number of amides is 1. The summed E-state index contributed by atoms with van der Waals surface area (Å²) in [6, 6.07) is 5.42. The monoisotopic (exact) mass is 278 g/mol. The molecule has 2 aromatic rings. The summed E-state index contributed by atoms with van der Waals surface area (Å²) in [6.45, 7) is 3.69. The molecule has 0 atom stereocenters. The average Bonchev–Trinajstić information content (AvgIpc) is 2.57. The van der Waals surface area contributed by atoms with Crippen molar-refractivity contribution in [3.63, 3.8) is 0 Å². The maximum absolute atomic E-state index is 12.2. The van der Waals surface area contributed by atoms with Crippen LogP contribution in [-0.2, 0) is 7.05 Å². The number of nitrogen functional groups attached to an aromatic ring is 1. The zero-order valence-electron chi connectivity index (χ0n) is 11.0. The van der Waals surface area contributed by atoms with E-state index in [4.69, 9.17) is 17.3 Å². The number of aryl methyl sites for hydroxylation is 3. The number of anilines is 2. The van der Waals surface area contributed by atoms with Gasteiger partial charge in [0.05, 0.1) is 22.1 Å². The first-order valence-electron chi connectivity index (χ1n) is 5.76. The largest absolute Gasteiger partial charge is 0.395 e. The van der Waals surface area contributed by atoms with Gasteiger partial charge in [-0.2, -0.15) is 5.10 Å². The van der Waals surface area contributed by atoms with E-state index in [2.05, 4.69) is 10.4 Å². The number of nitrogens with one attached hydrogen (secondary N) is 1. The van der Waals surface area contributed by atoms with Crippen molar-refractivity contribution < 1.29 is 4.79 Å². The van der Waals surface area contributed by atoms with Gasteiger partial charge in [-0.1, -0.05) is 17.7 Å². The van der Waals surface area contributed by atoms with Gasteiger partial charge in [-0.25, -0.2) is 0 Å². The molecule has 19 heavy (non-hydrogen) atoms. The van der Waals surface area contributed by atoms with Gasteiger partial charge in [0.15, 0.2) is 0 Å². The van der Waals surface area contributed by atoms with Gasteiger partial charge in [0.25, 0.3) is 5.91 Å². The highest BCUT2D eigenvalue weighted by molar-refractivity contribution is 6.34. The van der Waals surface area contributed by atoms with E-state index in [9.17, 15) is 4.79 Å². The van der Waals surface area contributed by atoms with Crippen LogP contribution in [-0.4, -0.2) is 15.7 Å². The van der Waals surface area contributed by atoms with Crippen LogP contribution in [0.15, 0.2) is 18.2 Å². The van der Waals surface area contributed by atoms with Crippen LogP contribution in [0, 0.1) is 13.8 Å². The molecule has 0 radical (unpaired) electrons. The normalized spacial score (nSPS) is 10.5. The third kappa shape index (κ3) is 2.56. The minimum absolute atomic E-state index is 0.327. The first-order valence-corrected chi connectivity index (χ1v) is 6.14. The quantitative estimate of drug-likeness (QED) is 0.886. The number of carbonyl (C=O) groups is 1. The minimum Gasteiger partial charge on any atom is -0.395 e. The molecule has 5 nitrogen and oxygen atoms in total. The predicted molar refractivity (Wildman–Crippen MR) is 76.5 cm³/mol. The number of carbonyl (C=O) groups excluding carboxylic acids is 1. The van der Waals surface area contributed by atoms with Crippen molar-refractivity contribution in [2.75, 3.05) is 11.1 Å². The first-order chi connectivity index (χ1) is 8.90. The molecular formula is C13H15ClN4O. The molecule has 0 saturated heterocycles. The highest BCUT2D eigenvalue weighted by Crippen LogP contribution is 2.24. The lowest BCUT2D eigenvalue weighted by atomic mass is 10.2. The summed E-state index contributed by atoms with van der Waals surface area (Å²) in [7, 11) is 1.68. The number of aromatic nitrogens is 2. The fourth-order valence-electron chi connectivity index (χ4n) is 1.85. The highest BCUT2D eigenvalue weighted by atomic mass is 35.5. The van der Waals surface area contributed by atoms with Gasteiger partial charge < -0.3 is 11.1 Å². The maximum atomic E-state index is 12.2. The topological polar surface area (TPSA) is 72.9 Å². The Bertz CT molecular complexity index is 648.